The Bertz CT molecular complexity index is 674. The Labute approximate surface area is 136 Å². The molecule has 23 heavy (non-hydrogen) atoms. The summed E-state index contributed by atoms with van der Waals surface area (Å²) in [6.07, 6.45) is 1.80. The van der Waals surface area contributed by atoms with Crippen LogP contribution >= 0.6 is 0 Å². The SMILES string of the molecule is COc1cccc(C2C(S(=O)(=O)NC3CC3)CON2C)c1OC. The molecule has 1 N–H and O–H groups in total. The zero-order valence-corrected chi connectivity index (χ0v) is 14.3. The molecule has 7 nitrogen and oxygen atoms in total. The largest absolute Gasteiger partial charge is 0.493 e. The summed E-state index contributed by atoms with van der Waals surface area (Å²) in [5.74, 6) is 1.10. The van der Waals surface area contributed by atoms with Gasteiger partial charge in [-0.2, -0.15) is 5.06 Å². The minimum Gasteiger partial charge on any atom is -0.493 e. The predicted molar refractivity (Wildman–Crippen MR) is 84.9 cm³/mol. The molecule has 2 atom stereocenters. The number of nitrogens with one attached hydrogen (secondary N) is 1. The Morgan fingerprint density at radius 3 is 2.61 bits per heavy atom. The third-order valence-electron chi connectivity index (χ3n) is 4.25. The monoisotopic (exact) mass is 342 g/mol. The molecule has 3 rings (SSSR count). The van der Waals surface area contributed by atoms with Gasteiger partial charge < -0.3 is 9.47 Å². The van der Waals surface area contributed by atoms with Gasteiger partial charge in [0.2, 0.25) is 10.0 Å². The number of para-hydroxylation sites is 1. The summed E-state index contributed by atoms with van der Waals surface area (Å²) in [5.41, 5.74) is 0.734. The number of rotatable bonds is 6. The molecule has 2 aliphatic rings. The van der Waals surface area contributed by atoms with E-state index < -0.39 is 21.3 Å². The highest BCUT2D eigenvalue weighted by molar-refractivity contribution is 7.90. The lowest BCUT2D eigenvalue weighted by molar-refractivity contribution is -0.110. The Morgan fingerprint density at radius 2 is 2.00 bits per heavy atom. The number of hydrogen-bond donors (Lipinski definition) is 1. The predicted octanol–water partition coefficient (Wildman–Crippen LogP) is 1.07. The molecule has 128 valence electrons. The normalized spacial score (nSPS) is 25.5. The molecule has 1 aliphatic heterocycles. The van der Waals surface area contributed by atoms with Crippen LogP contribution < -0.4 is 14.2 Å². The van der Waals surface area contributed by atoms with Crippen LogP contribution in [0.1, 0.15) is 24.4 Å². The number of benzene rings is 1. The van der Waals surface area contributed by atoms with E-state index in [0.29, 0.717) is 11.5 Å². The molecule has 1 saturated heterocycles. The molecule has 8 heteroatoms. The van der Waals surface area contributed by atoms with Crippen molar-refractivity contribution in [2.24, 2.45) is 0 Å². The Hall–Kier alpha value is -1.35. The lowest BCUT2D eigenvalue weighted by Gasteiger charge is -2.25. The van der Waals surface area contributed by atoms with Crippen LogP contribution in [0, 0.1) is 0 Å². The van der Waals surface area contributed by atoms with Crippen LogP contribution in [0.5, 0.6) is 11.5 Å². The second-order valence-electron chi connectivity index (χ2n) is 5.85. The van der Waals surface area contributed by atoms with Crippen molar-refractivity contribution in [1.82, 2.24) is 9.79 Å². The third kappa shape index (κ3) is 3.16. The van der Waals surface area contributed by atoms with E-state index in [1.165, 1.54) is 0 Å². The van der Waals surface area contributed by atoms with Gasteiger partial charge >= 0.3 is 0 Å². The molecular formula is C15H22N2O5S. The highest BCUT2D eigenvalue weighted by Crippen LogP contribution is 2.42. The fourth-order valence-electron chi connectivity index (χ4n) is 2.92. The van der Waals surface area contributed by atoms with Crippen molar-refractivity contribution in [3.63, 3.8) is 0 Å². The molecule has 0 aromatic heterocycles. The molecule has 1 heterocycles. The van der Waals surface area contributed by atoms with Crippen LogP contribution in [0.4, 0.5) is 0 Å². The van der Waals surface area contributed by atoms with E-state index in [4.69, 9.17) is 14.3 Å². The van der Waals surface area contributed by atoms with Crippen LogP contribution in [0.3, 0.4) is 0 Å². The third-order valence-corrected chi connectivity index (χ3v) is 6.10. The lowest BCUT2D eigenvalue weighted by Crippen LogP contribution is -2.40. The van der Waals surface area contributed by atoms with Crippen molar-refractivity contribution in [3.05, 3.63) is 23.8 Å². The maximum atomic E-state index is 12.7. The van der Waals surface area contributed by atoms with E-state index >= 15 is 0 Å². The first-order chi connectivity index (χ1) is 11.0. The first-order valence-corrected chi connectivity index (χ1v) is 9.10. The minimum atomic E-state index is -3.48. The average Bonchev–Trinajstić information content (AvgIpc) is 3.24. The van der Waals surface area contributed by atoms with Gasteiger partial charge in [-0.1, -0.05) is 12.1 Å². The molecule has 1 aromatic carbocycles. The summed E-state index contributed by atoms with van der Waals surface area (Å²) in [5, 5.41) is 0.878. The summed E-state index contributed by atoms with van der Waals surface area (Å²) >= 11 is 0. The van der Waals surface area contributed by atoms with Crippen molar-refractivity contribution >= 4 is 10.0 Å². The van der Waals surface area contributed by atoms with Crippen LogP contribution in [0.25, 0.3) is 0 Å². The molecule has 0 spiro atoms. The number of hydroxylamine groups is 2. The number of nitrogens with zero attached hydrogens (tertiary/aromatic N) is 1. The van der Waals surface area contributed by atoms with E-state index in [9.17, 15) is 8.42 Å². The highest BCUT2D eigenvalue weighted by Gasteiger charge is 2.46. The van der Waals surface area contributed by atoms with E-state index in [0.717, 1.165) is 18.4 Å². The zero-order valence-electron chi connectivity index (χ0n) is 13.5. The maximum Gasteiger partial charge on any atom is 0.219 e. The summed E-state index contributed by atoms with van der Waals surface area (Å²) in [7, 11) is 1.35. The fourth-order valence-corrected chi connectivity index (χ4v) is 4.69. The van der Waals surface area contributed by atoms with E-state index in [1.807, 2.05) is 12.1 Å². The van der Waals surface area contributed by atoms with Gasteiger partial charge in [0, 0.05) is 18.7 Å². The van der Waals surface area contributed by atoms with Crippen molar-refractivity contribution in [3.8, 4) is 11.5 Å². The molecule has 0 amide bonds. The maximum absolute atomic E-state index is 12.7. The van der Waals surface area contributed by atoms with Gasteiger partial charge in [0.1, 0.15) is 5.25 Å². The van der Waals surface area contributed by atoms with Crippen LogP contribution in [0.2, 0.25) is 0 Å². The van der Waals surface area contributed by atoms with Crippen molar-refractivity contribution in [2.45, 2.75) is 30.2 Å². The highest BCUT2D eigenvalue weighted by atomic mass is 32.2. The Morgan fingerprint density at radius 1 is 1.26 bits per heavy atom. The van der Waals surface area contributed by atoms with E-state index in [-0.39, 0.29) is 12.6 Å². The Balaban J connectivity index is 1.98. The summed E-state index contributed by atoms with van der Waals surface area (Å²) in [4.78, 5) is 5.51. The molecule has 1 aliphatic carbocycles. The molecule has 1 aromatic rings. The number of methoxy groups -OCH3 is 2. The van der Waals surface area contributed by atoms with Crippen molar-refractivity contribution in [2.75, 3.05) is 27.9 Å². The minimum absolute atomic E-state index is 0.0683. The quantitative estimate of drug-likeness (QED) is 0.833. The van der Waals surface area contributed by atoms with E-state index in [2.05, 4.69) is 4.72 Å². The molecule has 2 fully saturated rings. The molecule has 1 saturated carbocycles. The molecular weight excluding hydrogens is 320 g/mol. The van der Waals surface area contributed by atoms with Gasteiger partial charge in [-0.25, -0.2) is 13.1 Å². The van der Waals surface area contributed by atoms with Gasteiger partial charge in [0.25, 0.3) is 0 Å². The van der Waals surface area contributed by atoms with Gasteiger partial charge in [-0.05, 0) is 18.9 Å². The average molecular weight is 342 g/mol. The lowest BCUT2D eigenvalue weighted by atomic mass is 10.0. The Kier molecular flexibility index (Phi) is 4.50. The van der Waals surface area contributed by atoms with E-state index in [1.54, 1.807) is 32.4 Å². The van der Waals surface area contributed by atoms with Crippen LogP contribution in [-0.2, 0) is 14.9 Å². The topological polar surface area (TPSA) is 77.1 Å². The van der Waals surface area contributed by atoms with Gasteiger partial charge in [0.15, 0.2) is 11.5 Å². The fraction of sp³-hybridized carbons (Fsp3) is 0.600. The molecule has 0 bridgehead atoms. The molecule has 0 radical (unpaired) electrons. The summed E-state index contributed by atoms with van der Waals surface area (Å²) in [6.45, 7) is 0.115. The van der Waals surface area contributed by atoms with Crippen LogP contribution in [0.15, 0.2) is 18.2 Å². The second-order valence-corrected chi connectivity index (χ2v) is 7.78. The second kappa shape index (κ2) is 6.27. The van der Waals surface area contributed by atoms with Gasteiger partial charge in [-0.3, -0.25) is 4.84 Å². The number of sulfonamides is 1. The van der Waals surface area contributed by atoms with Crippen molar-refractivity contribution in [1.29, 1.82) is 0 Å². The number of ether oxygens (including phenoxy) is 2. The van der Waals surface area contributed by atoms with Crippen molar-refractivity contribution < 1.29 is 22.7 Å². The zero-order chi connectivity index (χ0) is 16.6. The summed E-state index contributed by atoms with van der Waals surface area (Å²) < 4.78 is 38.9. The smallest absolute Gasteiger partial charge is 0.219 e. The van der Waals surface area contributed by atoms with Gasteiger partial charge in [-0.15, -0.1) is 0 Å². The van der Waals surface area contributed by atoms with Crippen LogP contribution in [-0.4, -0.2) is 52.6 Å². The molecule has 2 unspecified atom stereocenters. The number of hydrogen-bond acceptors (Lipinski definition) is 6. The van der Waals surface area contributed by atoms with Gasteiger partial charge in [0.05, 0.1) is 26.9 Å². The standard InChI is InChI=1S/C15H22N2O5S/c1-17-14(11-5-4-6-12(20-2)15(11)21-3)13(9-22-17)23(18,19)16-10-7-8-10/h4-6,10,13-14,16H,7-9H2,1-3H3. The first kappa shape index (κ1) is 16.5. The summed E-state index contributed by atoms with van der Waals surface area (Å²) in [6, 6.07) is 5.05. The first-order valence-electron chi connectivity index (χ1n) is 7.55.